The molecular weight excluding hydrogens is 201 g/mol. The van der Waals surface area contributed by atoms with Gasteiger partial charge in [0, 0.05) is 18.5 Å². The maximum atomic E-state index is 13.2. The largest absolute Gasteiger partial charge is 0.312 e. The fourth-order valence-electron chi connectivity index (χ4n) is 3.43. The minimum absolute atomic E-state index is 0.103. The molecule has 0 aromatic heterocycles. The van der Waals surface area contributed by atoms with E-state index in [1.807, 2.05) is 6.07 Å². The van der Waals surface area contributed by atoms with Gasteiger partial charge in [0.15, 0.2) is 0 Å². The highest BCUT2D eigenvalue weighted by Crippen LogP contribution is 2.42. The number of benzene rings is 1. The molecule has 0 atom stereocenters. The van der Waals surface area contributed by atoms with Crippen molar-refractivity contribution in [2.75, 3.05) is 6.54 Å². The van der Waals surface area contributed by atoms with Crippen LogP contribution in [0.25, 0.3) is 0 Å². The summed E-state index contributed by atoms with van der Waals surface area (Å²) in [7, 11) is 0. The molecule has 1 aliphatic carbocycles. The van der Waals surface area contributed by atoms with Gasteiger partial charge in [-0.15, -0.1) is 0 Å². The van der Waals surface area contributed by atoms with Crippen molar-refractivity contribution in [2.45, 2.75) is 44.1 Å². The topological polar surface area (TPSA) is 12.0 Å². The monoisotopic (exact) mass is 219 g/mol. The Morgan fingerprint density at radius 3 is 2.75 bits per heavy atom. The van der Waals surface area contributed by atoms with Crippen molar-refractivity contribution < 1.29 is 4.39 Å². The van der Waals surface area contributed by atoms with E-state index >= 15 is 0 Å². The first kappa shape index (κ1) is 10.3. The molecule has 0 bridgehead atoms. The summed E-state index contributed by atoms with van der Waals surface area (Å²) >= 11 is 0. The molecule has 1 heterocycles. The number of fused-ring (bicyclic) bond motifs is 2. The molecule has 2 heteroatoms. The first-order chi connectivity index (χ1) is 7.80. The summed E-state index contributed by atoms with van der Waals surface area (Å²) in [4.78, 5) is 0. The standard InChI is InChI=1S/C14H18FN/c15-12-4-5-13-11(8-12)9-16-10-14(13)6-2-1-3-7-14/h4-5,8,16H,1-3,6-7,9-10H2. The Balaban J connectivity index is 2.04. The van der Waals surface area contributed by atoms with E-state index in [2.05, 4.69) is 5.32 Å². The molecule has 0 saturated heterocycles. The predicted octanol–water partition coefficient (Wildman–Crippen LogP) is 3.13. The Kier molecular flexibility index (Phi) is 2.47. The average Bonchev–Trinajstić information content (AvgIpc) is 2.30. The van der Waals surface area contributed by atoms with Crippen LogP contribution in [0.4, 0.5) is 4.39 Å². The second kappa shape index (κ2) is 3.85. The quantitative estimate of drug-likeness (QED) is 0.707. The van der Waals surface area contributed by atoms with Crippen molar-refractivity contribution in [1.82, 2.24) is 5.32 Å². The van der Waals surface area contributed by atoms with E-state index in [0.29, 0.717) is 5.41 Å². The highest BCUT2D eigenvalue weighted by molar-refractivity contribution is 5.37. The molecule has 1 saturated carbocycles. The third-order valence-corrected chi connectivity index (χ3v) is 4.23. The van der Waals surface area contributed by atoms with Gasteiger partial charge in [-0.1, -0.05) is 25.3 Å². The molecule has 1 fully saturated rings. The van der Waals surface area contributed by atoms with Crippen molar-refractivity contribution in [3.05, 3.63) is 35.1 Å². The molecule has 1 aromatic carbocycles. The van der Waals surface area contributed by atoms with E-state index in [9.17, 15) is 4.39 Å². The Morgan fingerprint density at radius 2 is 1.94 bits per heavy atom. The Bertz CT molecular complexity index is 394. The van der Waals surface area contributed by atoms with Crippen LogP contribution in [0, 0.1) is 5.82 Å². The van der Waals surface area contributed by atoms with E-state index in [0.717, 1.165) is 13.1 Å². The second-order valence-electron chi connectivity index (χ2n) is 5.25. The van der Waals surface area contributed by atoms with E-state index in [1.54, 1.807) is 12.1 Å². The average molecular weight is 219 g/mol. The first-order valence-electron chi connectivity index (χ1n) is 6.30. The van der Waals surface area contributed by atoms with Crippen LogP contribution in [-0.4, -0.2) is 6.54 Å². The molecule has 0 unspecified atom stereocenters. The molecule has 16 heavy (non-hydrogen) atoms. The van der Waals surface area contributed by atoms with Gasteiger partial charge in [-0.3, -0.25) is 0 Å². The van der Waals surface area contributed by atoms with Crippen LogP contribution in [-0.2, 0) is 12.0 Å². The second-order valence-corrected chi connectivity index (χ2v) is 5.25. The molecule has 0 amide bonds. The SMILES string of the molecule is Fc1ccc2c(c1)CNCC21CCCCC1. The lowest BCUT2D eigenvalue weighted by molar-refractivity contribution is 0.264. The van der Waals surface area contributed by atoms with Crippen molar-refractivity contribution in [2.24, 2.45) is 0 Å². The van der Waals surface area contributed by atoms with Crippen LogP contribution < -0.4 is 5.32 Å². The molecule has 3 rings (SSSR count). The Morgan fingerprint density at radius 1 is 1.12 bits per heavy atom. The van der Waals surface area contributed by atoms with Gasteiger partial charge >= 0.3 is 0 Å². The molecule has 1 nitrogen and oxygen atoms in total. The van der Waals surface area contributed by atoms with Gasteiger partial charge in [-0.25, -0.2) is 4.39 Å². The minimum atomic E-state index is -0.103. The van der Waals surface area contributed by atoms with Crippen LogP contribution in [0.3, 0.4) is 0 Å². The maximum Gasteiger partial charge on any atom is 0.123 e. The molecule has 2 aliphatic rings. The van der Waals surface area contributed by atoms with Crippen LogP contribution in [0.5, 0.6) is 0 Å². The number of rotatable bonds is 0. The van der Waals surface area contributed by atoms with Gasteiger partial charge in [0.05, 0.1) is 0 Å². The number of hydrogen-bond donors (Lipinski definition) is 1. The number of nitrogens with one attached hydrogen (secondary N) is 1. The summed E-state index contributed by atoms with van der Waals surface area (Å²) in [6.07, 6.45) is 6.52. The normalized spacial score (nSPS) is 23.1. The van der Waals surface area contributed by atoms with Gasteiger partial charge in [0.25, 0.3) is 0 Å². The zero-order valence-corrected chi connectivity index (χ0v) is 9.56. The smallest absolute Gasteiger partial charge is 0.123 e. The summed E-state index contributed by atoms with van der Waals surface area (Å²) in [6, 6.07) is 5.36. The Labute approximate surface area is 96.1 Å². The van der Waals surface area contributed by atoms with E-state index in [1.165, 1.54) is 43.2 Å². The molecule has 1 N–H and O–H groups in total. The van der Waals surface area contributed by atoms with E-state index < -0.39 is 0 Å². The maximum absolute atomic E-state index is 13.2. The lowest BCUT2D eigenvalue weighted by Crippen LogP contribution is -2.44. The molecule has 1 aromatic rings. The summed E-state index contributed by atoms with van der Waals surface area (Å²) in [5.41, 5.74) is 2.89. The Hall–Kier alpha value is -0.890. The molecule has 0 radical (unpaired) electrons. The lowest BCUT2D eigenvalue weighted by Gasteiger charge is -2.42. The van der Waals surface area contributed by atoms with Crippen molar-refractivity contribution in [3.63, 3.8) is 0 Å². The minimum Gasteiger partial charge on any atom is -0.312 e. The van der Waals surface area contributed by atoms with Crippen LogP contribution >= 0.6 is 0 Å². The zero-order chi connectivity index (χ0) is 11.0. The number of hydrogen-bond acceptors (Lipinski definition) is 1. The van der Waals surface area contributed by atoms with E-state index in [4.69, 9.17) is 0 Å². The summed E-state index contributed by atoms with van der Waals surface area (Å²) < 4.78 is 13.2. The molecule has 86 valence electrons. The fraction of sp³-hybridized carbons (Fsp3) is 0.571. The van der Waals surface area contributed by atoms with Crippen molar-refractivity contribution in [1.29, 1.82) is 0 Å². The molecule has 1 aliphatic heterocycles. The lowest BCUT2D eigenvalue weighted by atomic mass is 9.66. The summed E-state index contributed by atoms with van der Waals surface area (Å²) in [5, 5.41) is 3.46. The molecule has 1 spiro atoms. The molecular formula is C14H18FN. The van der Waals surface area contributed by atoms with E-state index in [-0.39, 0.29) is 5.82 Å². The fourth-order valence-corrected chi connectivity index (χ4v) is 3.43. The van der Waals surface area contributed by atoms with Gasteiger partial charge < -0.3 is 5.32 Å². The van der Waals surface area contributed by atoms with Crippen molar-refractivity contribution in [3.8, 4) is 0 Å². The third-order valence-electron chi connectivity index (χ3n) is 4.23. The van der Waals surface area contributed by atoms with Crippen LogP contribution in [0.1, 0.15) is 43.2 Å². The number of halogens is 1. The summed E-state index contributed by atoms with van der Waals surface area (Å²) in [5.74, 6) is -0.103. The van der Waals surface area contributed by atoms with Gasteiger partial charge in [-0.05, 0) is 36.1 Å². The highest BCUT2D eigenvalue weighted by atomic mass is 19.1. The zero-order valence-electron chi connectivity index (χ0n) is 9.56. The van der Waals surface area contributed by atoms with Gasteiger partial charge in [0.2, 0.25) is 0 Å². The first-order valence-corrected chi connectivity index (χ1v) is 6.30. The highest BCUT2D eigenvalue weighted by Gasteiger charge is 2.37. The van der Waals surface area contributed by atoms with Crippen LogP contribution in [0.15, 0.2) is 18.2 Å². The van der Waals surface area contributed by atoms with Crippen LogP contribution in [0.2, 0.25) is 0 Å². The third kappa shape index (κ3) is 1.56. The van der Waals surface area contributed by atoms with Gasteiger partial charge in [0.1, 0.15) is 5.82 Å². The predicted molar refractivity (Wildman–Crippen MR) is 62.9 cm³/mol. The van der Waals surface area contributed by atoms with Crippen molar-refractivity contribution >= 4 is 0 Å². The summed E-state index contributed by atoms with van der Waals surface area (Å²) in [6.45, 7) is 1.90. The van der Waals surface area contributed by atoms with Gasteiger partial charge in [-0.2, -0.15) is 0 Å².